The van der Waals surface area contributed by atoms with Crippen molar-refractivity contribution in [2.45, 2.75) is 69.7 Å². The minimum Gasteiger partial charge on any atom is -0.367 e. The number of fused-ring (bicyclic) bond motifs is 1. The number of carbonyl (C=O) groups is 1. The molecule has 1 amide bonds. The Morgan fingerprint density at radius 3 is 2.88 bits per heavy atom. The van der Waals surface area contributed by atoms with Crippen molar-refractivity contribution >= 4 is 22.6 Å². The van der Waals surface area contributed by atoms with Gasteiger partial charge in [0.2, 0.25) is 5.91 Å². The van der Waals surface area contributed by atoms with Crippen molar-refractivity contribution in [2.24, 2.45) is 7.05 Å². The molecule has 32 heavy (non-hydrogen) atoms. The highest BCUT2D eigenvalue weighted by Gasteiger charge is 2.27. The van der Waals surface area contributed by atoms with Crippen LogP contribution in [0.1, 0.15) is 68.8 Å². The van der Waals surface area contributed by atoms with Gasteiger partial charge in [0.1, 0.15) is 18.0 Å². The Bertz CT molecular complexity index is 1070. The molecule has 1 saturated heterocycles. The highest BCUT2D eigenvalue weighted by atomic mass is 16.2. The van der Waals surface area contributed by atoms with Crippen LogP contribution in [-0.4, -0.2) is 59.9 Å². The summed E-state index contributed by atoms with van der Waals surface area (Å²) >= 11 is 0. The number of pyridine rings is 1. The summed E-state index contributed by atoms with van der Waals surface area (Å²) in [5.41, 5.74) is 1.89. The fraction of sp³-hybridized carbons (Fsp3) is 0.609. The molecule has 1 aliphatic heterocycles. The summed E-state index contributed by atoms with van der Waals surface area (Å²) in [6.45, 7) is 1.52. The van der Waals surface area contributed by atoms with E-state index in [4.69, 9.17) is 0 Å². The van der Waals surface area contributed by atoms with Crippen LogP contribution in [0.5, 0.6) is 0 Å². The van der Waals surface area contributed by atoms with Crippen molar-refractivity contribution in [3.05, 3.63) is 30.1 Å². The average molecular weight is 437 g/mol. The number of nitrogens with one attached hydrogen (secondary N) is 2. The van der Waals surface area contributed by atoms with E-state index < -0.39 is 0 Å². The molecule has 3 aromatic heterocycles. The minimum atomic E-state index is 0.179. The summed E-state index contributed by atoms with van der Waals surface area (Å²) in [5, 5.41) is 16.5. The molecule has 2 fully saturated rings. The van der Waals surface area contributed by atoms with Crippen LogP contribution in [0.4, 0.5) is 5.82 Å². The van der Waals surface area contributed by atoms with Gasteiger partial charge in [0, 0.05) is 51.1 Å². The van der Waals surface area contributed by atoms with E-state index in [1.54, 1.807) is 6.33 Å². The van der Waals surface area contributed by atoms with Gasteiger partial charge in [-0.15, -0.1) is 0 Å². The van der Waals surface area contributed by atoms with E-state index in [1.165, 1.54) is 32.1 Å². The summed E-state index contributed by atoms with van der Waals surface area (Å²) in [6, 6.07) is 2.42. The monoisotopic (exact) mass is 436 g/mol. The van der Waals surface area contributed by atoms with E-state index in [0.717, 1.165) is 47.6 Å². The van der Waals surface area contributed by atoms with E-state index in [9.17, 15) is 4.79 Å². The van der Waals surface area contributed by atoms with Gasteiger partial charge in [-0.1, -0.05) is 19.3 Å². The number of H-pyrrole nitrogens is 1. The normalized spacial score (nSPS) is 20.0. The van der Waals surface area contributed by atoms with E-state index in [-0.39, 0.29) is 11.8 Å². The second-order valence-electron chi connectivity index (χ2n) is 9.15. The first-order valence-electron chi connectivity index (χ1n) is 11.9. The number of anilines is 1. The molecule has 9 nitrogen and oxygen atoms in total. The molecule has 1 atom stereocenters. The zero-order valence-electron chi connectivity index (χ0n) is 18.8. The van der Waals surface area contributed by atoms with Gasteiger partial charge in [-0.25, -0.2) is 9.97 Å². The molecule has 1 unspecified atom stereocenters. The van der Waals surface area contributed by atoms with Gasteiger partial charge in [-0.2, -0.15) is 10.2 Å². The number of hydrogen-bond acceptors (Lipinski definition) is 6. The topological polar surface area (TPSA) is 105 Å². The van der Waals surface area contributed by atoms with E-state index >= 15 is 0 Å². The first-order chi connectivity index (χ1) is 15.7. The van der Waals surface area contributed by atoms with E-state index in [2.05, 4.69) is 30.6 Å². The summed E-state index contributed by atoms with van der Waals surface area (Å²) in [7, 11) is 1.92. The van der Waals surface area contributed by atoms with Crippen molar-refractivity contribution < 1.29 is 4.79 Å². The van der Waals surface area contributed by atoms with Gasteiger partial charge in [-0.05, 0) is 31.7 Å². The molecule has 9 heteroatoms. The van der Waals surface area contributed by atoms with E-state index in [1.807, 2.05) is 28.9 Å². The number of hydrogen-bond donors (Lipinski definition) is 2. The van der Waals surface area contributed by atoms with Crippen molar-refractivity contribution in [1.82, 2.24) is 34.8 Å². The quantitative estimate of drug-likeness (QED) is 0.615. The predicted molar refractivity (Wildman–Crippen MR) is 122 cm³/mol. The maximum Gasteiger partial charge on any atom is 0.222 e. The fourth-order valence-electron chi connectivity index (χ4n) is 5.23. The Morgan fingerprint density at radius 1 is 1.19 bits per heavy atom. The van der Waals surface area contributed by atoms with Crippen LogP contribution >= 0.6 is 0 Å². The van der Waals surface area contributed by atoms with Crippen molar-refractivity contribution in [3.8, 4) is 0 Å². The lowest BCUT2D eigenvalue weighted by Crippen LogP contribution is -2.39. The molecule has 0 spiro atoms. The maximum atomic E-state index is 13.0. The molecule has 1 aliphatic carbocycles. The van der Waals surface area contributed by atoms with Gasteiger partial charge in [0.05, 0.1) is 16.6 Å². The molecule has 170 valence electrons. The Balaban J connectivity index is 1.25. The molecular weight excluding hydrogens is 404 g/mol. The number of aromatic amines is 1. The summed E-state index contributed by atoms with van der Waals surface area (Å²) < 4.78 is 1.82. The average Bonchev–Trinajstić information content (AvgIpc) is 3.45. The summed E-state index contributed by atoms with van der Waals surface area (Å²) in [6.07, 6.45) is 12.7. The maximum absolute atomic E-state index is 13.0. The standard InChI is InChI=1S/C23H32N8O/c1-30-23(25-15-26-30)16-6-5-13-31(14-16)20(32)10-9-18-21-19(29-28-18)11-12-24-22(21)27-17-7-3-2-4-8-17/h11-12,15-17H,2-10,13-14H2,1H3,(H,24,27)(H,28,29). The number of piperidine rings is 1. The van der Waals surface area contributed by atoms with Crippen LogP contribution in [0.15, 0.2) is 18.6 Å². The van der Waals surface area contributed by atoms with Gasteiger partial charge in [0.25, 0.3) is 0 Å². The molecule has 0 bridgehead atoms. The van der Waals surface area contributed by atoms with Crippen LogP contribution in [0.25, 0.3) is 10.9 Å². The number of aryl methyl sites for hydroxylation is 2. The summed E-state index contributed by atoms with van der Waals surface area (Å²) in [5.74, 6) is 2.29. The Hall–Kier alpha value is -2.97. The fourth-order valence-corrected chi connectivity index (χ4v) is 5.23. The van der Waals surface area contributed by atoms with Gasteiger partial charge in [-0.3, -0.25) is 14.6 Å². The third-order valence-corrected chi connectivity index (χ3v) is 6.96. The molecule has 2 aliphatic rings. The third kappa shape index (κ3) is 4.33. The van der Waals surface area contributed by atoms with Crippen LogP contribution in [-0.2, 0) is 18.3 Å². The van der Waals surface area contributed by atoms with Crippen LogP contribution < -0.4 is 5.32 Å². The van der Waals surface area contributed by atoms with Crippen LogP contribution in [0.2, 0.25) is 0 Å². The number of nitrogens with zero attached hydrogens (tertiary/aromatic N) is 6. The lowest BCUT2D eigenvalue weighted by Gasteiger charge is -2.32. The number of aromatic nitrogens is 6. The first kappa shape index (κ1) is 20.9. The second-order valence-corrected chi connectivity index (χ2v) is 9.15. The highest BCUT2D eigenvalue weighted by molar-refractivity contribution is 5.92. The smallest absolute Gasteiger partial charge is 0.222 e. The zero-order valence-corrected chi connectivity index (χ0v) is 18.8. The Kier molecular flexibility index (Phi) is 6.05. The number of rotatable bonds is 6. The minimum absolute atomic E-state index is 0.179. The molecule has 2 N–H and O–H groups in total. The van der Waals surface area contributed by atoms with Gasteiger partial charge in [0.15, 0.2) is 0 Å². The van der Waals surface area contributed by atoms with Gasteiger partial charge >= 0.3 is 0 Å². The first-order valence-corrected chi connectivity index (χ1v) is 11.9. The molecule has 3 aromatic rings. The third-order valence-electron chi connectivity index (χ3n) is 6.96. The second kappa shape index (κ2) is 9.26. The number of amides is 1. The molecule has 0 aromatic carbocycles. The van der Waals surface area contributed by atoms with Gasteiger partial charge < -0.3 is 10.2 Å². The number of likely N-dealkylation sites (tertiary alicyclic amines) is 1. The van der Waals surface area contributed by atoms with Crippen molar-refractivity contribution in [2.75, 3.05) is 18.4 Å². The molecule has 4 heterocycles. The van der Waals surface area contributed by atoms with E-state index in [0.29, 0.717) is 25.4 Å². The predicted octanol–water partition coefficient (Wildman–Crippen LogP) is 3.17. The molecule has 0 radical (unpaired) electrons. The molecular formula is C23H32N8O. The molecule has 1 saturated carbocycles. The van der Waals surface area contributed by atoms with Crippen LogP contribution in [0.3, 0.4) is 0 Å². The largest absolute Gasteiger partial charge is 0.367 e. The van der Waals surface area contributed by atoms with Crippen molar-refractivity contribution in [3.63, 3.8) is 0 Å². The highest BCUT2D eigenvalue weighted by Crippen LogP contribution is 2.29. The molecule has 5 rings (SSSR count). The lowest BCUT2D eigenvalue weighted by molar-refractivity contribution is -0.132. The summed E-state index contributed by atoms with van der Waals surface area (Å²) in [4.78, 5) is 24.0. The van der Waals surface area contributed by atoms with Crippen molar-refractivity contribution in [1.29, 1.82) is 0 Å². The number of carbonyl (C=O) groups excluding carboxylic acids is 1. The van der Waals surface area contributed by atoms with Crippen LogP contribution in [0, 0.1) is 0 Å². The zero-order chi connectivity index (χ0) is 21.9. The lowest BCUT2D eigenvalue weighted by atomic mass is 9.95. The Labute approximate surface area is 188 Å². The SMILES string of the molecule is Cn1ncnc1C1CCCN(C(=O)CCc2n[nH]c3ccnc(NC4CCCCC4)c23)C1. The Morgan fingerprint density at radius 2 is 2.06 bits per heavy atom.